The average molecular weight is 331 g/mol. The smallest absolute Gasteiger partial charge is 0.227 e. The first-order valence-electron chi connectivity index (χ1n) is 8.39. The van der Waals surface area contributed by atoms with Crippen molar-refractivity contribution in [2.24, 2.45) is 4.99 Å². The van der Waals surface area contributed by atoms with Crippen molar-refractivity contribution in [1.29, 1.82) is 0 Å². The topological polar surface area (TPSA) is 69.6 Å². The number of allylic oxidation sites excluding steroid dienone is 1. The van der Waals surface area contributed by atoms with Gasteiger partial charge in [-0.2, -0.15) is 0 Å². The van der Waals surface area contributed by atoms with E-state index in [0.29, 0.717) is 18.8 Å². The van der Waals surface area contributed by atoms with Gasteiger partial charge >= 0.3 is 0 Å². The van der Waals surface area contributed by atoms with E-state index in [0.717, 1.165) is 37.5 Å². The second-order valence-corrected chi connectivity index (χ2v) is 5.61. The molecular weight excluding hydrogens is 302 g/mol. The fraction of sp³-hybridized carbons (Fsp3) is 0.500. The van der Waals surface area contributed by atoms with Crippen LogP contribution < -0.4 is 10.6 Å². The molecule has 0 saturated carbocycles. The lowest BCUT2D eigenvalue weighted by Crippen LogP contribution is -2.39. The SMILES string of the molecule is C=CCCCN(C)C(=NCCC(=O)Nc1ccc(C)cn1)NCC. The van der Waals surface area contributed by atoms with E-state index in [-0.39, 0.29) is 5.91 Å². The number of rotatable bonds is 9. The molecule has 0 aliphatic rings. The number of aryl methyl sites for hydroxylation is 1. The van der Waals surface area contributed by atoms with Gasteiger partial charge in [0.2, 0.25) is 5.91 Å². The van der Waals surface area contributed by atoms with E-state index in [2.05, 4.69) is 32.1 Å². The van der Waals surface area contributed by atoms with Gasteiger partial charge in [-0.15, -0.1) is 6.58 Å². The number of nitrogens with one attached hydrogen (secondary N) is 2. The van der Waals surface area contributed by atoms with Crippen LogP contribution in [0.25, 0.3) is 0 Å². The molecule has 6 nitrogen and oxygen atoms in total. The molecule has 6 heteroatoms. The molecule has 0 atom stereocenters. The number of nitrogens with zero attached hydrogens (tertiary/aromatic N) is 3. The van der Waals surface area contributed by atoms with Crippen molar-refractivity contribution in [3.8, 4) is 0 Å². The largest absolute Gasteiger partial charge is 0.357 e. The van der Waals surface area contributed by atoms with Gasteiger partial charge in [-0.3, -0.25) is 9.79 Å². The van der Waals surface area contributed by atoms with Crippen molar-refractivity contribution in [2.45, 2.75) is 33.1 Å². The third-order valence-corrected chi connectivity index (χ3v) is 3.38. The van der Waals surface area contributed by atoms with Crippen LogP contribution in [0.4, 0.5) is 5.82 Å². The Hall–Kier alpha value is -2.37. The third-order valence-electron chi connectivity index (χ3n) is 3.38. The summed E-state index contributed by atoms with van der Waals surface area (Å²) in [4.78, 5) is 22.7. The zero-order chi connectivity index (χ0) is 17.8. The van der Waals surface area contributed by atoms with Gasteiger partial charge in [0.25, 0.3) is 0 Å². The maximum atomic E-state index is 12.0. The van der Waals surface area contributed by atoms with Crippen molar-refractivity contribution in [3.63, 3.8) is 0 Å². The summed E-state index contributed by atoms with van der Waals surface area (Å²) in [5, 5.41) is 6.03. The van der Waals surface area contributed by atoms with E-state index in [1.165, 1.54) is 0 Å². The molecule has 0 bridgehead atoms. The van der Waals surface area contributed by atoms with Crippen LogP contribution in [0.2, 0.25) is 0 Å². The second kappa shape index (κ2) is 11.2. The van der Waals surface area contributed by atoms with Gasteiger partial charge in [0.05, 0.1) is 6.54 Å². The highest BCUT2D eigenvalue weighted by molar-refractivity contribution is 5.90. The fourth-order valence-electron chi connectivity index (χ4n) is 2.06. The van der Waals surface area contributed by atoms with Gasteiger partial charge in [0.1, 0.15) is 5.82 Å². The number of aromatic nitrogens is 1. The molecule has 2 N–H and O–H groups in total. The summed E-state index contributed by atoms with van der Waals surface area (Å²) in [7, 11) is 2.00. The van der Waals surface area contributed by atoms with Gasteiger partial charge in [-0.1, -0.05) is 12.1 Å². The van der Waals surface area contributed by atoms with Crippen molar-refractivity contribution in [3.05, 3.63) is 36.5 Å². The molecule has 1 amide bonds. The van der Waals surface area contributed by atoms with Crippen molar-refractivity contribution < 1.29 is 4.79 Å². The van der Waals surface area contributed by atoms with Crippen molar-refractivity contribution in [2.75, 3.05) is 32.0 Å². The van der Waals surface area contributed by atoms with E-state index in [1.807, 2.05) is 33.0 Å². The first-order chi connectivity index (χ1) is 11.6. The van der Waals surface area contributed by atoms with E-state index >= 15 is 0 Å². The normalized spacial score (nSPS) is 11.0. The molecule has 0 radical (unpaired) electrons. The number of carbonyl (C=O) groups is 1. The lowest BCUT2D eigenvalue weighted by Gasteiger charge is -2.21. The van der Waals surface area contributed by atoms with Crippen LogP contribution in [0.1, 0.15) is 31.7 Å². The predicted molar refractivity (Wildman–Crippen MR) is 100 cm³/mol. The zero-order valence-corrected chi connectivity index (χ0v) is 15.0. The standard InChI is InChI=1S/C18H29N5O/c1-5-7-8-13-23(4)18(19-6-2)20-12-11-17(24)22-16-10-9-15(3)14-21-16/h5,9-10,14H,1,6-8,11-13H2,2-4H3,(H,19,20)(H,21,22,24). The number of amides is 1. The van der Waals surface area contributed by atoms with Gasteiger partial charge in [-0.25, -0.2) is 4.98 Å². The van der Waals surface area contributed by atoms with Gasteiger partial charge in [0.15, 0.2) is 5.96 Å². The highest BCUT2D eigenvalue weighted by Gasteiger charge is 2.06. The van der Waals surface area contributed by atoms with Gasteiger partial charge in [-0.05, 0) is 38.3 Å². The minimum atomic E-state index is -0.0831. The first kappa shape index (κ1) is 19.7. The van der Waals surface area contributed by atoms with Crippen LogP contribution in [0.3, 0.4) is 0 Å². The molecule has 0 spiro atoms. The molecule has 0 saturated heterocycles. The molecule has 1 rings (SSSR count). The van der Waals surface area contributed by atoms with Crippen LogP contribution in [0, 0.1) is 6.92 Å². The third kappa shape index (κ3) is 7.76. The number of aliphatic imine (C=N–C) groups is 1. The number of guanidine groups is 1. The van der Waals surface area contributed by atoms with E-state index in [4.69, 9.17) is 0 Å². The minimum absolute atomic E-state index is 0.0831. The van der Waals surface area contributed by atoms with E-state index in [1.54, 1.807) is 12.3 Å². The molecule has 0 aliphatic heterocycles. The van der Waals surface area contributed by atoms with E-state index in [9.17, 15) is 4.79 Å². The first-order valence-corrected chi connectivity index (χ1v) is 8.39. The maximum absolute atomic E-state index is 12.0. The molecule has 0 aromatic carbocycles. The number of hydrogen-bond donors (Lipinski definition) is 2. The Bertz CT molecular complexity index is 539. The zero-order valence-electron chi connectivity index (χ0n) is 15.0. The Kier molecular flexibility index (Phi) is 9.19. The van der Waals surface area contributed by atoms with Crippen LogP contribution in [-0.4, -0.2) is 48.4 Å². The monoisotopic (exact) mass is 331 g/mol. The number of anilines is 1. The van der Waals surface area contributed by atoms with Crippen LogP contribution >= 0.6 is 0 Å². The fourth-order valence-corrected chi connectivity index (χ4v) is 2.06. The van der Waals surface area contributed by atoms with Crippen LogP contribution in [0.15, 0.2) is 36.0 Å². The Morgan fingerprint density at radius 3 is 2.88 bits per heavy atom. The Morgan fingerprint density at radius 2 is 2.25 bits per heavy atom. The molecule has 1 aromatic rings. The summed E-state index contributed by atoms with van der Waals surface area (Å²) < 4.78 is 0. The summed E-state index contributed by atoms with van der Waals surface area (Å²) in [6.07, 6.45) is 5.99. The highest BCUT2D eigenvalue weighted by Crippen LogP contribution is 2.04. The molecule has 1 aromatic heterocycles. The summed E-state index contributed by atoms with van der Waals surface area (Å²) in [5.41, 5.74) is 1.06. The summed E-state index contributed by atoms with van der Waals surface area (Å²) >= 11 is 0. The summed E-state index contributed by atoms with van der Waals surface area (Å²) in [5.74, 6) is 1.31. The Morgan fingerprint density at radius 1 is 1.46 bits per heavy atom. The predicted octanol–water partition coefficient (Wildman–Crippen LogP) is 2.58. The molecule has 0 unspecified atom stereocenters. The van der Waals surface area contributed by atoms with Crippen molar-refractivity contribution >= 4 is 17.7 Å². The number of pyridine rings is 1. The molecule has 24 heavy (non-hydrogen) atoms. The second-order valence-electron chi connectivity index (χ2n) is 5.61. The molecule has 1 heterocycles. The Balaban J connectivity index is 2.45. The highest BCUT2D eigenvalue weighted by atomic mass is 16.1. The molecular formula is C18H29N5O. The molecule has 0 aliphatic carbocycles. The average Bonchev–Trinajstić information content (AvgIpc) is 2.56. The Labute approximate surface area is 145 Å². The maximum Gasteiger partial charge on any atom is 0.227 e. The number of carbonyl (C=O) groups excluding carboxylic acids is 1. The molecule has 0 fully saturated rings. The minimum Gasteiger partial charge on any atom is -0.357 e. The molecule has 132 valence electrons. The number of unbranched alkanes of at least 4 members (excludes halogenated alkanes) is 1. The van der Waals surface area contributed by atoms with E-state index < -0.39 is 0 Å². The van der Waals surface area contributed by atoms with Crippen molar-refractivity contribution in [1.82, 2.24) is 15.2 Å². The van der Waals surface area contributed by atoms with Gasteiger partial charge < -0.3 is 15.5 Å². The van der Waals surface area contributed by atoms with Crippen LogP contribution in [0.5, 0.6) is 0 Å². The lowest BCUT2D eigenvalue weighted by molar-refractivity contribution is -0.116. The quantitative estimate of drug-likeness (QED) is 0.316. The number of hydrogen-bond acceptors (Lipinski definition) is 3. The lowest BCUT2D eigenvalue weighted by atomic mass is 10.3. The van der Waals surface area contributed by atoms with Crippen LogP contribution in [-0.2, 0) is 4.79 Å². The summed E-state index contributed by atoms with van der Waals surface area (Å²) in [6.45, 7) is 9.86. The summed E-state index contributed by atoms with van der Waals surface area (Å²) in [6, 6.07) is 3.72. The van der Waals surface area contributed by atoms with Gasteiger partial charge in [0, 0.05) is 32.8 Å².